The zero-order valence-corrected chi connectivity index (χ0v) is 7.89. The van der Waals surface area contributed by atoms with Crippen molar-refractivity contribution in [3.05, 3.63) is 0 Å². The Hall–Kier alpha value is -0.260. The first-order valence-corrected chi connectivity index (χ1v) is 4.88. The highest BCUT2D eigenvalue weighted by Gasteiger charge is 2.16. The average molecular weight is 188 g/mol. The lowest BCUT2D eigenvalue weighted by atomic mass is 9.83. The van der Waals surface area contributed by atoms with Crippen molar-refractivity contribution in [1.82, 2.24) is 0 Å². The fourth-order valence-electron chi connectivity index (χ4n) is 1.26. The first-order valence-electron chi connectivity index (χ1n) is 4.44. The highest BCUT2D eigenvalue weighted by Crippen LogP contribution is 2.29. The van der Waals surface area contributed by atoms with Crippen molar-refractivity contribution >= 4 is 11.6 Å². The molecule has 0 aromatic rings. The Labute approximate surface area is 78.5 Å². The van der Waals surface area contributed by atoms with Gasteiger partial charge in [-0.15, -0.1) is 11.6 Å². The van der Waals surface area contributed by atoms with Gasteiger partial charge >= 0.3 is 0 Å². The molecular weight excluding hydrogens is 174 g/mol. The van der Waals surface area contributed by atoms with Crippen molar-refractivity contribution in [3.63, 3.8) is 0 Å². The van der Waals surface area contributed by atoms with Crippen LogP contribution in [-0.4, -0.2) is 18.6 Å². The van der Waals surface area contributed by atoms with Gasteiger partial charge in [0.25, 0.3) is 0 Å². The maximum atomic E-state index is 8.34. The van der Waals surface area contributed by atoms with Gasteiger partial charge < -0.3 is 4.74 Å². The van der Waals surface area contributed by atoms with Gasteiger partial charge in [-0.2, -0.15) is 5.26 Å². The molecule has 2 nitrogen and oxygen atoms in total. The van der Waals surface area contributed by atoms with Gasteiger partial charge in [0.1, 0.15) is 5.38 Å². The highest BCUT2D eigenvalue weighted by molar-refractivity contribution is 6.22. The SMILES string of the molecule is N#CC(Cl)COCCC1CCC1. The molecule has 0 heterocycles. The van der Waals surface area contributed by atoms with Gasteiger partial charge in [0.05, 0.1) is 12.7 Å². The molecule has 0 aromatic heterocycles. The third-order valence-electron chi connectivity index (χ3n) is 2.30. The standard InChI is InChI=1S/C9H14ClNO/c10-9(6-11)7-12-5-4-8-2-1-3-8/h8-9H,1-5,7H2. The topological polar surface area (TPSA) is 33.0 Å². The monoisotopic (exact) mass is 187 g/mol. The Morgan fingerprint density at radius 1 is 1.58 bits per heavy atom. The number of halogens is 1. The van der Waals surface area contributed by atoms with Gasteiger partial charge in [0.15, 0.2) is 0 Å². The first kappa shape index (κ1) is 9.83. The molecule has 1 aliphatic carbocycles. The van der Waals surface area contributed by atoms with E-state index in [1.807, 2.05) is 6.07 Å². The summed E-state index contributed by atoms with van der Waals surface area (Å²) < 4.78 is 5.24. The van der Waals surface area contributed by atoms with Crippen molar-refractivity contribution in [1.29, 1.82) is 5.26 Å². The van der Waals surface area contributed by atoms with Gasteiger partial charge in [0.2, 0.25) is 0 Å². The summed E-state index contributed by atoms with van der Waals surface area (Å²) in [7, 11) is 0. The average Bonchev–Trinajstić information content (AvgIpc) is 2.00. The molecule has 1 fully saturated rings. The van der Waals surface area contributed by atoms with Crippen molar-refractivity contribution < 1.29 is 4.74 Å². The van der Waals surface area contributed by atoms with Gasteiger partial charge in [0, 0.05) is 6.61 Å². The largest absolute Gasteiger partial charge is 0.379 e. The predicted octanol–water partition coefficient (Wildman–Crippen LogP) is 2.32. The van der Waals surface area contributed by atoms with Crippen LogP contribution in [0.2, 0.25) is 0 Å². The number of nitrogens with zero attached hydrogens (tertiary/aromatic N) is 1. The maximum absolute atomic E-state index is 8.34. The van der Waals surface area contributed by atoms with E-state index < -0.39 is 5.38 Å². The molecule has 3 heteroatoms. The van der Waals surface area contributed by atoms with E-state index >= 15 is 0 Å². The first-order chi connectivity index (χ1) is 5.83. The lowest BCUT2D eigenvalue weighted by Crippen LogP contribution is -2.15. The quantitative estimate of drug-likeness (QED) is 0.489. The van der Waals surface area contributed by atoms with Crippen molar-refractivity contribution in [3.8, 4) is 6.07 Å². The smallest absolute Gasteiger partial charge is 0.143 e. The van der Waals surface area contributed by atoms with Crippen molar-refractivity contribution in [2.45, 2.75) is 31.1 Å². The number of hydrogen-bond acceptors (Lipinski definition) is 2. The molecule has 0 radical (unpaired) electrons. The Morgan fingerprint density at radius 2 is 2.33 bits per heavy atom. The Morgan fingerprint density at radius 3 is 2.83 bits per heavy atom. The van der Waals surface area contributed by atoms with Crippen LogP contribution in [0.4, 0.5) is 0 Å². The lowest BCUT2D eigenvalue weighted by Gasteiger charge is -2.24. The maximum Gasteiger partial charge on any atom is 0.143 e. The summed E-state index contributed by atoms with van der Waals surface area (Å²) in [6, 6.07) is 1.92. The van der Waals surface area contributed by atoms with Crippen LogP contribution in [0.5, 0.6) is 0 Å². The van der Waals surface area contributed by atoms with Crippen LogP contribution >= 0.6 is 11.6 Å². The van der Waals surface area contributed by atoms with E-state index in [9.17, 15) is 0 Å². The van der Waals surface area contributed by atoms with Crippen LogP contribution in [0.25, 0.3) is 0 Å². The van der Waals surface area contributed by atoms with Crippen LogP contribution in [0, 0.1) is 17.2 Å². The Bertz CT molecular complexity index is 162. The van der Waals surface area contributed by atoms with Crippen LogP contribution in [0.15, 0.2) is 0 Å². The second kappa shape index (κ2) is 5.40. The molecule has 0 saturated heterocycles. The number of hydrogen-bond donors (Lipinski definition) is 0. The van der Waals surface area contributed by atoms with Gasteiger partial charge in [-0.3, -0.25) is 0 Å². The molecule has 0 bridgehead atoms. The van der Waals surface area contributed by atoms with Gasteiger partial charge in [-0.25, -0.2) is 0 Å². The summed E-state index contributed by atoms with van der Waals surface area (Å²) in [4.78, 5) is 0. The molecular formula is C9H14ClNO. The Balaban J connectivity index is 1.86. The zero-order chi connectivity index (χ0) is 8.81. The van der Waals surface area contributed by atoms with Crippen LogP contribution in [0.1, 0.15) is 25.7 Å². The number of rotatable bonds is 5. The summed E-state index contributed by atoms with van der Waals surface area (Å²) in [5.74, 6) is 0.876. The molecule has 1 atom stereocenters. The number of alkyl halides is 1. The molecule has 0 amide bonds. The predicted molar refractivity (Wildman–Crippen MR) is 48.0 cm³/mol. The van der Waals surface area contributed by atoms with Crippen molar-refractivity contribution in [2.24, 2.45) is 5.92 Å². The van der Waals surface area contributed by atoms with Crippen molar-refractivity contribution in [2.75, 3.05) is 13.2 Å². The molecule has 1 unspecified atom stereocenters. The molecule has 12 heavy (non-hydrogen) atoms. The minimum absolute atomic E-state index is 0.366. The van der Waals surface area contributed by atoms with E-state index in [4.69, 9.17) is 21.6 Å². The summed E-state index contributed by atoms with van der Waals surface area (Å²) in [5.41, 5.74) is 0. The fraction of sp³-hybridized carbons (Fsp3) is 0.889. The van der Waals surface area contributed by atoms with E-state index in [1.165, 1.54) is 19.3 Å². The molecule has 0 aromatic carbocycles. The van der Waals surface area contributed by atoms with Gasteiger partial charge in [-0.05, 0) is 12.3 Å². The zero-order valence-electron chi connectivity index (χ0n) is 7.13. The second-order valence-electron chi connectivity index (χ2n) is 3.26. The minimum atomic E-state index is -0.480. The third-order valence-corrected chi connectivity index (χ3v) is 2.52. The molecule has 1 rings (SSSR count). The molecule has 1 aliphatic rings. The van der Waals surface area contributed by atoms with E-state index in [1.54, 1.807) is 0 Å². The molecule has 1 saturated carbocycles. The van der Waals surface area contributed by atoms with Crippen LogP contribution in [-0.2, 0) is 4.74 Å². The molecule has 0 spiro atoms. The Kier molecular flexibility index (Phi) is 4.42. The molecule has 0 aliphatic heterocycles. The molecule has 68 valence electrons. The normalized spacial score (nSPS) is 19.7. The fourth-order valence-corrected chi connectivity index (χ4v) is 1.34. The second-order valence-corrected chi connectivity index (χ2v) is 3.78. The number of ether oxygens (including phenoxy) is 1. The van der Waals surface area contributed by atoms with E-state index in [-0.39, 0.29) is 0 Å². The van der Waals surface area contributed by atoms with E-state index in [0.717, 1.165) is 18.9 Å². The number of nitriles is 1. The lowest BCUT2D eigenvalue weighted by molar-refractivity contribution is 0.112. The summed E-state index contributed by atoms with van der Waals surface area (Å²) in [6.07, 6.45) is 5.22. The summed E-state index contributed by atoms with van der Waals surface area (Å²) >= 11 is 5.54. The highest BCUT2D eigenvalue weighted by atomic mass is 35.5. The van der Waals surface area contributed by atoms with Crippen LogP contribution < -0.4 is 0 Å². The van der Waals surface area contributed by atoms with Crippen LogP contribution in [0.3, 0.4) is 0 Å². The minimum Gasteiger partial charge on any atom is -0.379 e. The van der Waals surface area contributed by atoms with E-state index in [0.29, 0.717) is 6.61 Å². The third kappa shape index (κ3) is 3.42. The molecule has 0 N–H and O–H groups in total. The summed E-state index contributed by atoms with van der Waals surface area (Å²) in [6.45, 7) is 1.13. The van der Waals surface area contributed by atoms with E-state index in [2.05, 4.69) is 0 Å². The summed E-state index contributed by atoms with van der Waals surface area (Å²) in [5, 5.41) is 7.86. The van der Waals surface area contributed by atoms with Gasteiger partial charge in [-0.1, -0.05) is 19.3 Å².